The Morgan fingerprint density at radius 3 is 2.67 bits per heavy atom. The molecule has 1 fully saturated rings. The van der Waals surface area contributed by atoms with Crippen molar-refractivity contribution in [1.29, 1.82) is 0 Å². The normalized spacial score (nSPS) is 18.5. The molecule has 30 heavy (non-hydrogen) atoms. The van der Waals surface area contributed by atoms with E-state index in [0.717, 1.165) is 0 Å². The van der Waals surface area contributed by atoms with Crippen molar-refractivity contribution in [2.24, 2.45) is 0 Å². The number of alkyl halides is 3. The molecule has 1 aromatic carbocycles. The number of hydrogen-bond donors (Lipinski definition) is 1. The van der Waals surface area contributed by atoms with Crippen molar-refractivity contribution in [1.82, 2.24) is 25.5 Å². The minimum absolute atomic E-state index is 0.147. The highest BCUT2D eigenvalue weighted by molar-refractivity contribution is 6.30. The maximum absolute atomic E-state index is 12.2. The Labute approximate surface area is 175 Å². The van der Waals surface area contributed by atoms with Crippen molar-refractivity contribution in [2.75, 3.05) is 13.2 Å². The summed E-state index contributed by atoms with van der Waals surface area (Å²) < 4.78 is 45.8. The Bertz CT molecular complexity index is 882. The number of tetrazole rings is 1. The lowest BCUT2D eigenvalue weighted by molar-refractivity contribution is -0.353. The average Bonchev–Trinajstić information content (AvgIpc) is 3.13. The van der Waals surface area contributed by atoms with Gasteiger partial charge in [0.15, 0.2) is 12.4 Å². The average molecular weight is 446 g/mol. The first kappa shape index (κ1) is 22.0. The van der Waals surface area contributed by atoms with Gasteiger partial charge in [0.1, 0.15) is 5.75 Å². The minimum Gasteiger partial charge on any atom is -0.484 e. The van der Waals surface area contributed by atoms with E-state index in [0.29, 0.717) is 29.3 Å². The molecule has 0 spiro atoms. The molecule has 1 aliphatic rings. The second-order valence-electron chi connectivity index (χ2n) is 6.69. The summed E-state index contributed by atoms with van der Waals surface area (Å²) in [6.45, 7) is 4.00. The monoisotopic (exact) mass is 445 g/mol. The fraction of sp³-hybridized carbons (Fsp3) is 0.444. The van der Waals surface area contributed by atoms with E-state index in [4.69, 9.17) is 16.3 Å². The van der Waals surface area contributed by atoms with Crippen LogP contribution in [0.25, 0.3) is 5.57 Å². The Kier molecular flexibility index (Phi) is 6.93. The van der Waals surface area contributed by atoms with E-state index < -0.39 is 12.5 Å². The number of carbonyl (C=O) groups excluding carboxylic acids is 1. The topological polar surface area (TPSA) is 91.2 Å². The molecule has 0 unspecified atom stereocenters. The van der Waals surface area contributed by atoms with Crippen LogP contribution in [-0.4, -0.2) is 51.7 Å². The summed E-state index contributed by atoms with van der Waals surface area (Å²) >= 11 is 5.78. The molecule has 8 nitrogen and oxygen atoms in total. The lowest BCUT2D eigenvalue weighted by Gasteiger charge is -2.33. The molecule has 0 atom stereocenters. The third kappa shape index (κ3) is 6.42. The van der Waals surface area contributed by atoms with Crippen LogP contribution in [-0.2, 0) is 9.53 Å². The molecule has 162 valence electrons. The zero-order chi connectivity index (χ0) is 21.7. The Morgan fingerprint density at radius 1 is 1.30 bits per heavy atom. The van der Waals surface area contributed by atoms with E-state index >= 15 is 0 Å². The third-order valence-electron chi connectivity index (χ3n) is 4.37. The molecular formula is C18H19ClF3N5O3. The van der Waals surface area contributed by atoms with Crippen molar-refractivity contribution in [3.05, 3.63) is 41.7 Å². The van der Waals surface area contributed by atoms with Crippen molar-refractivity contribution < 1.29 is 27.4 Å². The van der Waals surface area contributed by atoms with Crippen LogP contribution >= 0.6 is 11.6 Å². The zero-order valence-electron chi connectivity index (χ0n) is 15.7. The molecule has 1 heterocycles. The number of halogens is 4. The van der Waals surface area contributed by atoms with E-state index in [2.05, 4.69) is 32.0 Å². The van der Waals surface area contributed by atoms with Crippen LogP contribution in [0.5, 0.6) is 5.75 Å². The van der Waals surface area contributed by atoms with Gasteiger partial charge in [-0.1, -0.05) is 18.2 Å². The first-order valence-electron chi connectivity index (χ1n) is 9.07. The standard InChI is InChI=1S/C18H19ClF3N5O3/c1-11(6-7-23-16(28)10-29-14-4-2-12(19)3-5-14)17-24-26-27(25-17)13-8-15(9-13)30-18(20,21)22/h2-5,13,15H,1,6-10H2,(H,23,28)/t13-,15+. The largest absolute Gasteiger partial charge is 0.522 e. The Balaban J connectivity index is 1.35. The van der Waals surface area contributed by atoms with E-state index in [-0.39, 0.29) is 37.2 Å². The van der Waals surface area contributed by atoms with Gasteiger partial charge in [0, 0.05) is 11.6 Å². The van der Waals surface area contributed by atoms with Gasteiger partial charge in [0.2, 0.25) is 0 Å². The van der Waals surface area contributed by atoms with E-state index in [1.165, 1.54) is 4.80 Å². The minimum atomic E-state index is -4.64. The number of rotatable bonds is 9. The SMILES string of the molecule is C=C(CCNC(=O)COc1ccc(Cl)cc1)c1nnn([C@H]2C[C@@H](OC(F)(F)F)C2)n1. The van der Waals surface area contributed by atoms with Crippen LogP contribution in [0.2, 0.25) is 5.02 Å². The van der Waals surface area contributed by atoms with Gasteiger partial charge < -0.3 is 10.1 Å². The fourth-order valence-electron chi connectivity index (χ4n) is 2.73. The number of aromatic nitrogens is 4. The van der Waals surface area contributed by atoms with Crippen molar-refractivity contribution in [3.8, 4) is 5.75 Å². The summed E-state index contributed by atoms with van der Waals surface area (Å²) in [5.41, 5.74) is 0.544. The summed E-state index contributed by atoms with van der Waals surface area (Å²) in [6, 6.07) is 6.34. The highest BCUT2D eigenvalue weighted by atomic mass is 35.5. The van der Waals surface area contributed by atoms with Crippen molar-refractivity contribution in [3.63, 3.8) is 0 Å². The van der Waals surface area contributed by atoms with Crippen LogP contribution in [0.4, 0.5) is 13.2 Å². The van der Waals surface area contributed by atoms with Gasteiger partial charge in [0.25, 0.3) is 5.91 Å². The van der Waals surface area contributed by atoms with Crippen molar-refractivity contribution >= 4 is 23.1 Å². The summed E-state index contributed by atoms with van der Waals surface area (Å²) in [4.78, 5) is 13.1. The Morgan fingerprint density at radius 2 is 2.00 bits per heavy atom. The van der Waals surface area contributed by atoms with E-state index in [1.54, 1.807) is 24.3 Å². The number of nitrogens with zero attached hydrogens (tertiary/aromatic N) is 4. The molecule has 1 aliphatic carbocycles. The zero-order valence-corrected chi connectivity index (χ0v) is 16.5. The number of benzene rings is 1. The fourth-order valence-corrected chi connectivity index (χ4v) is 2.85. The van der Waals surface area contributed by atoms with Crippen LogP contribution in [0.1, 0.15) is 31.1 Å². The van der Waals surface area contributed by atoms with Gasteiger partial charge in [-0.05, 0) is 54.3 Å². The second-order valence-corrected chi connectivity index (χ2v) is 7.13. The molecule has 1 aromatic heterocycles. The molecule has 0 radical (unpaired) electrons. The number of ether oxygens (including phenoxy) is 2. The molecule has 0 aliphatic heterocycles. The summed E-state index contributed by atoms with van der Waals surface area (Å²) in [5, 5.41) is 15.1. The molecule has 3 rings (SSSR count). The number of carbonyl (C=O) groups is 1. The predicted molar refractivity (Wildman–Crippen MR) is 101 cm³/mol. The molecule has 0 bridgehead atoms. The molecular weight excluding hydrogens is 427 g/mol. The second kappa shape index (κ2) is 9.43. The number of nitrogens with one attached hydrogen (secondary N) is 1. The van der Waals surface area contributed by atoms with Crippen LogP contribution < -0.4 is 10.1 Å². The molecule has 1 N–H and O–H groups in total. The van der Waals surface area contributed by atoms with Crippen molar-refractivity contribution in [2.45, 2.75) is 37.8 Å². The lowest BCUT2D eigenvalue weighted by Crippen LogP contribution is -2.38. The lowest BCUT2D eigenvalue weighted by atomic mass is 9.90. The van der Waals surface area contributed by atoms with Crippen LogP contribution in [0.3, 0.4) is 0 Å². The smallest absolute Gasteiger partial charge is 0.484 e. The van der Waals surface area contributed by atoms with Gasteiger partial charge in [-0.2, -0.15) is 4.80 Å². The summed E-state index contributed by atoms with van der Waals surface area (Å²) in [7, 11) is 0. The van der Waals surface area contributed by atoms with Crippen LogP contribution in [0.15, 0.2) is 30.8 Å². The summed E-state index contributed by atoms with van der Waals surface area (Å²) in [5.74, 6) is 0.500. The highest BCUT2D eigenvalue weighted by Crippen LogP contribution is 2.37. The number of amides is 1. The van der Waals surface area contributed by atoms with Gasteiger partial charge in [-0.15, -0.1) is 23.4 Å². The maximum Gasteiger partial charge on any atom is 0.522 e. The van der Waals surface area contributed by atoms with Gasteiger partial charge >= 0.3 is 6.36 Å². The van der Waals surface area contributed by atoms with E-state index in [9.17, 15) is 18.0 Å². The Hall–Kier alpha value is -2.66. The van der Waals surface area contributed by atoms with E-state index in [1.807, 2.05) is 0 Å². The first-order chi connectivity index (χ1) is 14.2. The predicted octanol–water partition coefficient (Wildman–Crippen LogP) is 3.16. The summed E-state index contributed by atoms with van der Waals surface area (Å²) in [6.07, 6.45) is -4.84. The third-order valence-corrected chi connectivity index (χ3v) is 4.63. The molecule has 0 saturated heterocycles. The van der Waals surface area contributed by atoms with Gasteiger partial charge in [0.05, 0.1) is 12.1 Å². The van der Waals surface area contributed by atoms with Crippen LogP contribution in [0, 0.1) is 0 Å². The molecule has 1 saturated carbocycles. The first-order valence-corrected chi connectivity index (χ1v) is 9.44. The quantitative estimate of drug-likeness (QED) is 0.637. The number of hydrogen-bond acceptors (Lipinski definition) is 6. The maximum atomic E-state index is 12.2. The highest BCUT2D eigenvalue weighted by Gasteiger charge is 2.41. The van der Waals surface area contributed by atoms with Gasteiger partial charge in [-0.3, -0.25) is 9.53 Å². The van der Waals surface area contributed by atoms with Gasteiger partial charge in [-0.25, -0.2) is 0 Å². The molecule has 12 heteroatoms. The molecule has 1 amide bonds. The molecule has 2 aromatic rings.